The molecule has 0 spiro atoms. The second-order valence-corrected chi connectivity index (χ2v) is 9.50. The van der Waals surface area contributed by atoms with Crippen LogP contribution in [0.1, 0.15) is 0 Å². The number of hydrogen-bond acceptors (Lipinski definition) is 0. The maximum absolute atomic E-state index is 14.6. The van der Waals surface area contributed by atoms with Gasteiger partial charge in [-0.15, -0.1) is 0 Å². The summed E-state index contributed by atoms with van der Waals surface area (Å²) in [4.78, 5) is 0. The van der Waals surface area contributed by atoms with E-state index in [0.717, 1.165) is 37.8 Å². The highest BCUT2D eigenvalue weighted by Crippen LogP contribution is 2.39. The zero-order valence-corrected chi connectivity index (χ0v) is 17.6. The van der Waals surface area contributed by atoms with Gasteiger partial charge in [-0.25, -0.2) is 8.78 Å². The second kappa shape index (κ2) is 8.41. The van der Waals surface area contributed by atoms with E-state index in [1.54, 1.807) is 0 Å². The first-order valence-corrected chi connectivity index (χ1v) is 11.4. The first kappa shape index (κ1) is 19.6. The van der Waals surface area contributed by atoms with Gasteiger partial charge in [0.15, 0.2) is 11.6 Å². The monoisotopic (exact) mass is 424 g/mol. The molecule has 0 saturated carbocycles. The normalized spacial score (nSPS) is 11.2. The van der Waals surface area contributed by atoms with E-state index in [0.29, 0.717) is 0 Å². The van der Waals surface area contributed by atoms with Crippen LogP contribution in [0, 0.1) is 11.6 Å². The van der Waals surface area contributed by atoms with Crippen molar-refractivity contribution in [1.29, 1.82) is 0 Å². The molecule has 150 valence electrons. The number of fused-ring (bicyclic) bond motifs is 1. The van der Waals surface area contributed by atoms with E-state index in [9.17, 15) is 8.78 Å². The van der Waals surface area contributed by atoms with Gasteiger partial charge in [0.1, 0.15) is 0 Å². The van der Waals surface area contributed by atoms with Crippen molar-refractivity contribution in [1.82, 2.24) is 0 Å². The Balaban J connectivity index is 1.83. The Morgan fingerprint density at radius 2 is 1.03 bits per heavy atom. The summed E-state index contributed by atoms with van der Waals surface area (Å²) in [6.45, 7) is 0. The molecule has 0 aromatic heterocycles. The maximum atomic E-state index is 14.6. The van der Waals surface area contributed by atoms with Crippen molar-refractivity contribution in [2.24, 2.45) is 0 Å². The average Bonchev–Trinajstić information content (AvgIpc) is 2.82. The van der Waals surface area contributed by atoms with E-state index < -0.39 is 19.6 Å². The van der Waals surface area contributed by atoms with Gasteiger partial charge in [-0.2, -0.15) is 0 Å². The molecular weight excluding hydrogens is 405 g/mol. The molecule has 5 rings (SSSR count). The van der Waals surface area contributed by atoms with Gasteiger partial charge in [-0.05, 0) is 57.9 Å². The number of benzene rings is 5. The van der Waals surface area contributed by atoms with Crippen molar-refractivity contribution in [3.05, 3.63) is 127 Å². The van der Waals surface area contributed by atoms with Crippen LogP contribution in [0.5, 0.6) is 0 Å². The Hall–Kier alpha value is -3.35. The molecule has 0 aliphatic heterocycles. The fourth-order valence-corrected chi connectivity index (χ4v) is 6.44. The van der Waals surface area contributed by atoms with Crippen molar-refractivity contribution in [3.63, 3.8) is 0 Å². The lowest BCUT2D eigenvalue weighted by Gasteiger charge is -2.23. The summed E-state index contributed by atoms with van der Waals surface area (Å²) in [5.74, 6) is -1.65. The van der Waals surface area contributed by atoms with Gasteiger partial charge >= 0.3 is 0 Å². The molecule has 0 bridgehead atoms. The van der Waals surface area contributed by atoms with E-state index >= 15 is 0 Å². The molecule has 0 radical (unpaired) electrons. The van der Waals surface area contributed by atoms with Gasteiger partial charge in [0, 0.05) is 0 Å². The highest BCUT2D eigenvalue weighted by atomic mass is 31.1. The summed E-state index contributed by atoms with van der Waals surface area (Å²) in [6.07, 6.45) is 0. The Bertz CT molecular complexity index is 1300. The van der Waals surface area contributed by atoms with Crippen LogP contribution in [0.25, 0.3) is 21.9 Å². The van der Waals surface area contributed by atoms with Gasteiger partial charge in [0.2, 0.25) is 0 Å². The number of halogens is 2. The van der Waals surface area contributed by atoms with E-state index in [1.807, 2.05) is 78.9 Å². The van der Waals surface area contributed by atoms with Crippen LogP contribution in [0.3, 0.4) is 0 Å². The Morgan fingerprint density at radius 3 is 1.71 bits per heavy atom. The minimum absolute atomic E-state index is 0.731. The summed E-state index contributed by atoms with van der Waals surface area (Å²) in [5.41, 5.74) is 1.64. The van der Waals surface area contributed by atoms with Crippen molar-refractivity contribution in [2.45, 2.75) is 0 Å². The summed E-state index contributed by atoms with van der Waals surface area (Å²) >= 11 is 0. The molecule has 0 amide bonds. The Kier molecular flexibility index (Phi) is 5.32. The van der Waals surface area contributed by atoms with Crippen molar-refractivity contribution < 1.29 is 8.78 Å². The van der Waals surface area contributed by atoms with Crippen molar-refractivity contribution >= 4 is 34.6 Å². The summed E-state index contributed by atoms with van der Waals surface area (Å²) in [6, 6.07) is 36.9. The molecule has 5 aromatic rings. The molecule has 0 nitrogen and oxygen atoms in total. The van der Waals surface area contributed by atoms with Crippen molar-refractivity contribution in [3.8, 4) is 11.1 Å². The largest absolute Gasteiger partial charge is 0.204 e. The van der Waals surface area contributed by atoms with Gasteiger partial charge in [-0.1, -0.05) is 103 Å². The van der Waals surface area contributed by atoms with Crippen LogP contribution < -0.4 is 15.9 Å². The lowest BCUT2D eigenvalue weighted by atomic mass is 9.98. The SMILES string of the molecule is Fc1cc(-c2cccc3ccccc23)c(P(c2ccccc2)c2ccccc2)cc1F. The van der Waals surface area contributed by atoms with E-state index in [1.165, 1.54) is 12.1 Å². The second-order valence-electron chi connectivity index (χ2n) is 7.32. The molecule has 0 heterocycles. The smallest absolute Gasteiger partial charge is 0.159 e. The fourth-order valence-electron chi connectivity index (χ4n) is 3.98. The summed E-state index contributed by atoms with van der Waals surface area (Å²) in [5, 5.41) is 5.09. The van der Waals surface area contributed by atoms with E-state index in [2.05, 4.69) is 24.3 Å². The van der Waals surface area contributed by atoms with E-state index in [-0.39, 0.29) is 0 Å². The lowest BCUT2D eigenvalue weighted by Crippen LogP contribution is -2.23. The van der Waals surface area contributed by atoms with Crippen LogP contribution in [-0.4, -0.2) is 0 Å². The highest BCUT2D eigenvalue weighted by Gasteiger charge is 2.23. The molecule has 0 unspecified atom stereocenters. The number of hydrogen-bond donors (Lipinski definition) is 0. The molecule has 0 fully saturated rings. The standard InChI is InChI=1S/C28H19F2P/c29-26-18-25(24-17-9-11-20-10-7-8-16-23(20)24)28(19-27(26)30)31(21-12-3-1-4-13-21)22-14-5-2-6-15-22/h1-19H. The quantitative estimate of drug-likeness (QED) is 0.287. The van der Waals surface area contributed by atoms with Crippen LogP contribution in [0.2, 0.25) is 0 Å². The third-order valence-electron chi connectivity index (χ3n) is 5.39. The molecule has 0 aliphatic rings. The van der Waals surface area contributed by atoms with Crippen LogP contribution in [0.15, 0.2) is 115 Å². The first-order chi connectivity index (χ1) is 15.2. The molecule has 0 saturated heterocycles. The Morgan fingerprint density at radius 1 is 0.484 bits per heavy atom. The van der Waals surface area contributed by atoms with Crippen LogP contribution >= 0.6 is 7.92 Å². The lowest BCUT2D eigenvalue weighted by molar-refractivity contribution is 0.510. The fraction of sp³-hybridized carbons (Fsp3) is 0. The van der Waals surface area contributed by atoms with Gasteiger partial charge in [-0.3, -0.25) is 0 Å². The average molecular weight is 424 g/mol. The van der Waals surface area contributed by atoms with Gasteiger partial charge < -0.3 is 0 Å². The predicted octanol–water partition coefficient (Wildman–Crippen LogP) is 6.54. The minimum Gasteiger partial charge on any atom is -0.204 e. The molecule has 0 N–H and O–H groups in total. The third-order valence-corrected chi connectivity index (χ3v) is 7.87. The molecular formula is C28H19F2P. The van der Waals surface area contributed by atoms with Gasteiger partial charge in [0.25, 0.3) is 0 Å². The molecule has 0 atom stereocenters. The topological polar surface area (TPSA) is 0 Å². The number of rotatable bonds is 4. The molecule has 3 heteroatoms. The van der Waals surface area contributed by atoms with E-state index in [4.69, 9.17) is 0 Å². The minimum atomic E-state index is -1.08. The molecule has 0 aliphatic carbocycles. The highest BCUT2D eigenvalue weighted by molar-refractivity contribution is 7.80. The summed E-state index contributed by atoms with van der Waals surface area (Å²) < 4.78 is 29.2. The third kappa shape index (κ3) is 3.76. The molecule has 5 aromatic carbocycles. The predicted molar refractivity (Wildman–Crippen MR) is 128 cm³/mol. The zero-order chi connectivity index (χ0) is 21.2. The first-order valence-electron chi connectivity index (χ1n) is 10.1. The van der Waals surface area contributed by atoms with Crippen LogP contribution in [-0.2, 0) is 0 Å². The Labute approximate surface area is 181 Å². The molecule has 31 heavy (non-hydrogen) atoms. The zero-order valence-electron chi connectivity index (χ0n) is 16.7. The summed E-state index contributed by atoms with van der Waals surface area (Å²) in [7, 11) is -1.08. The van der Waals surface area contributed by atoms with Gasteiger partial charge in [0.05, 0.1) is 0 Å². The maximum Gasteiger partial charge on any atom is 0.159 e. The van der Waals surface area contributed by atoms with Crippen LogP contribution in [0.4, 0.5) is 8.78 Å². The van der Waals surface area contributed by atoms with Crippen molar-refractivity contribution in [2.75, 3.05) is 0 Å².